The number of halogens is 1. The number of rotatable bonds is 7. The number of nitrogens with zero attached hydrogens (tertiary/aromatic N) is 1. The number of hydrogen-bond acceptors (Lipinski definition) is 5. The minimum absolute atomic E-state index is 0.113. The summed E-state index contributed by atoms with van der Waals surface area (Å²) >= 11 is 0. The molecule has 1 amide bonds. The van der Waals surface area contributed by atoms with E-state index in [1.807, 2.05) is 0 Å². The fourth-order valence-electron chi connectivity index (χ4n) is 2.13. The van der Waals surface area contributed by atoms with Crippen LogP contribution in [0.5, 0.6) is 0 Å². The van der Waals surface area contributed by atoms with Crippen LogP contribution < -0.4 is 5.32 Å². The number of ether oxygens (including phenoxy) is 1. The van der Waals surface area contributed by atoms with Crippen LogP contribution in [-0.2, 0) is 16.0 Å². The normalized spacial score (nSPS) is 11.5. The van der Waals surface area contributed by atoms with E-state index in [0.717, 1.165) is 5.56 Å². The van der Waals surface area contributed by atoms with Crippen molar-refractivity contribution in [2.75, 3.05) is 6.54 Å². The van der Waals surface area contributed by atoms with Crippen LogP contribution in [0.4, 0.5) is 10.1 Å². The molecule has 0 unspecified atom stereocenters. The van der Waals surface area contributed by atoms with Gasteiger partial charge in [0.15, 0.2) is 6.10 Å². The van der Waals surface area contributed by atoms with Gasteiger partial charge in [0.25, 0.3) is 11.6 Å². The van der Waals surface area contributed by atoms with E-state index in [0.29, 0.717) is 13.0 Å². The third kappa shape index (κ3) is 5.37. The standard InChI is InChI=1S/C18H17FN2O5/c1-12(17(22)20-11-10-13-2-6-15(19)7-3-13)26-18(23)14-4-8-16(9-5-14)21(24)25/h2-9,12H,10-11H2,1H3,(H,20,22)/t12-/m0/s1. The van der Waals surface area contributed by atoms with E-state index in [-0.39, 0.29) is 17.1 Å². The molecule has 1 atom stereocenters. The van der Waals surface area contributed by atoms with Crippen molar-refractivity contribution >= 4 is 17.6 Å². The third-order valence-corrected chi connectivity index (χ3v) is 3.59. The first kappa shape index (κ1) is 19.0. The van der Waals surface area contributed by atoms with Crippen LogP contribution >= 0.6 is 0 Å². The van der Waals surface area contributed by atoms with Crippen molar-refractivity contribution in [2.45, 2.75) is 19.4 Å². The molecular formula is C18H17FN2O5. The quantitative estimate of drug-likeness (QED) is 0.465. The van der Waals surface area contributed by atoms with Crippen molar-refractivity contribution in [1.29, 1.82) is 0 Å². The molecule has 0 spiro atoms. The molecule has 0 fully saturated rings. The number of non-ortho nitro benzene ring substituents is 1. The Kier molecular flexibility index (Phi) is 6.37. The number of nitro groups is 1. The van der Waals surface area contributed by atoms with Gasteiger partial charge in [-0.2, -0.15) is 0 Å². The van der Waals surface area contributed by atoms with Gasteiger partial charge >= 0.3 is 5.97 Å². The minimum Gasteiger partial charge on any atom is -0.449 e. The van der Waals surface area contributed by atoms with Crippen molar-refractivity contribution in [2.24, 2.45) is 0 Å². The zero-order chi connectivity index (χ0) is 19.1. The van der Waals surface area contributed by atoms with E-state index in [4.69, 9.17) is 4.74 Å². The van der Waals surface area contributed by atoms with E-state index < -0.39 is 22.9 Å². The van der Waals surface area contributed by atoms with E-state index >= 15 is 0 Å². The molecule has 7 nitrogen and oxygen atoms in total. The lowest BCUT2D eigenvalue weighted by Crippen LogP contribution is -2.36. The summed E-state index contributed by atoms with van der Waals surface area (Å²) in [6.45, 7) is 1.74. The number of carbonyl (C=O) groups is 2. The average Bonchev–Trinajstić information content (AvgIpc) is 2.63. The SMILES string of the molecule is C[C@H](OC(=O)c1ccc([N+](=O)[O-])cc1)C(=O)NCCc1ccc(F)cc1. The largest absolute Gasteiger partial charge is 0.449 e. The molecule has 0 saturated heterocycles. The predicted octanol–water partition coefficient (Wildman–Crippen LogP) is 2.64. The maximum absolute atomic E-state index is 12.8. The molecule has 0 radical (unpaired) electrons. The Hall–Kier alpha value is -3.29. The zero-order valence-corrected chi connectivity index (χ0v) is 14.0. The number of carbonyl (C=O) groups excluding carboxylic acids is 2. The Morgan fingerprint density at radius 3 is 2.35 bits per heavy atom. The summed E-state index contributed by atoms with van der Waals surface area (Å²) in [6, 6.07) is 10.8. The molecule has 0 aliphatic carbocycles. The number of nitrogens with one attached hydrogen (secondary N) is 1. The van der Waals surface area contributed by atoms with Crippen LogP contribution in [0.1, 0.15) is 22.8 Å². The summed E-state index contributed by atoms with van der Waals surface area (Å²) in [6.07, 6.45) is -0.513. The maximum Gasteiger partial charge on any atom is 0.338 e. The topological polar surface area (TPSA) is 98.5 Å². The molecule has 2 aromatic rings. The summed E-state index contributed by atoms with van der Waals surface area (Å²) in [5.41, 5.74) is 0.830. The van der Waals surface area contributed by atoms with Gasteiger partial charge in [-0.1, -0.05) is 12.1 Å². The van der Waals surface area contributed by atoms with E-state index in [2.05, 4.69) is 5.32 Å². The van der Waals surface area contributed by atoms with Crippen molar-refractivity contribution in [3.05, 3.63) is 75.6 Å². The molecule has 26 heavy (non-hydrogen) atoms. The van der Waals surface area contributed by atoms with Gasteiger partial charge in [0.05, 0.1) is 10.5 Å². The second-order valence-electron chi connectivity index (χ2n) is 5.52. The average molecular weight is 360 g/mol. The molecule has 136 valence electrons. The van der Waals surface area contributed by atoms with Crippen LogP contribution in [0, 0.1) is 15.9 Å². The smallest absolute Gasteiger partial charge is 0.338 e. The fourth-order valence-corrected chi connectivity index (χ4v) is 2.13. The fraction of sp³-hybridized carbons (Fsp3) is 0.222. The molecule has 8 heteroatoms. The molecule has 1 N–H and O–H groups in total. The predicted molar refractivity (Wildman–Crippen MR) is 91.1 cm³/mol. The van der Waals surface area contributed by atoms with Crippen molar-refractivity contribution in [1.82, 2.24) is 5.32 Å². The van der Waals surface area contributed by atoms with E-state index in [1.165, 1.54) is 43.3 Å². The first-order valence-corrected chi connectivity index (χ1v) is 7.84. The van der Waals surface area contributed by atoms with Gasteiger partial charge in [-0.3, -0.25) is 14.9 Å². The molecular weight excluding hydrogens is 343 g/mol. The van der Waals surface area contributed by atoms with Crippen molar-refractivity contribution in [3.8, 4) is 0 Å². The van der Waals surface area contributed by atoms with E-state index in [9.17, 15) is 24.1 Å². The highest BCUT2D eigenvalue weighted by molar-refractivity contribution is 5.92. The summed E-state index contributed by atoms with van der Waals surface area (Å²) in [4.78, 5) is 33.9. The molecule has 0 aliphatic rings. The molecule has 0 bridgehead atoms. The van der Waals surface area contributed by atoms with Gasteiger partial charge in [-0.25, -0.2) is 9.18 Å². The molecule has 0 saturated carbocycles. The van der Waals surface area contributed by atoms with Crippen LogP contribution in [0.3, 0.4) is 0 Å². The highest BCUT2D eigenvalue weighted by Crippen LogP contribution is 2.13. The summed E-state index contributed by atoms with van der Waals surface area (Å²) < 4.78 is 17.9. The summed E-state index contributed by atoms with van der Waals surface area (Å²) in [5, 5.41) is 13.2. The molecule has 0 aliphatic heterocycles. The van der Waals surface area contributed by atoms with Gasteiger partial charge in [0.1, 0.15) is 5.82 Å². The van der Waals surface area contributed by atoms with Gasteiger partial charge in [-0.05, 0) is 43.2 Å². The Labute approximate surface area is 148 Å². The van der Waals surface area contributed by atoms with Crippen molar-refractivity contribution < 1.29 is 23.6 Å². The van der Waals surface area contributed by atoms with Crippen molar-refractivity contribution in [3.63, 3.8) is 0 Å². The molecule has 2 rings (SSSR count). The summed E-state index contributed by atoms with van der Waals surface area (Å²) in [5.74, 6) is -1.55. The zero-order valence-electron chi connectivity index (χ0n) is 14.0. The highest BCUT2D eigenvalue weighted by Gasteiger charge is 2.19. The Morgan fingerprint density at radius 2 is 1.77 bits per heavy atom. The number of nitro benzene ring substituents is 1. The second kappa shape index (κ2) is 8.70. The number of amides is 1. The molecule has 0 aromatic heterocycles. The Balaban J connectivity index is 1.81. The lowest BCUT2D eigenvalue weighted by Gasteiger charge is -2.13. The molecule has 0 heterocycles. The summed E-state index contributed by atoms with van der Waals surface area (Å²) in [7, 11) is 0. The number of esters is 1. The lowest BCUT2D eigenvalue weighted by molar-refractivity contribution is -0.384. The van der Waals surface area contributed by atoms with Crippen LogP contribution in [-0.4, -0.2) is 29.4 Å². The van der Waals surface area contributed by atoms with Gasteiger partial charge < -0.3 is 10.1 Å². The van der Waals surface area contributed by atoms with Crippen LogP contribution in [0.25, 0.3) is 0 Å². The Morgan fingerprint density at radius 1 is 1.15 bits per heavy atom. The first-order valence-electron chi connectivity index (χ1n) is 7.84. The highest BCUT2D eigenvalue weighted by atomic mass is 19.1. The number of hydrogen-bond donors (Lipinski definition) is 1. The first-order chi connectivity index (χ1) is 12.4. The van der Waals surface area contributed by atoms with E-state index in [1.54, 1.807) is 12.1 Å². The van der Waals surface area contributed by atoms with Crippen LogP contribution in [0.2, 0.25) is 0 Å². The number of benzene rings is 2. The second-order valence-corrected chi connectivity index (χ2v) is 5.52. The molecule has 2 aromatic carbocycles. The minimum atomic E-state index is -1.02. The van der Waals surface area contributed by atoms with Crippen LogP contribution in [0.15, 0.2) is 48.5 Å². The van der Waals surface area contributed by atoms with Gasteiger partial charge in [0.2, 0.25) is 0 Å². The maximum atomic E-state index is 12.8. The van der Waals surface area contributed by atoms with Gasteiger partial charge in [-0.15, -0.1) is 0 Å². The lowest BCUT2D eigenvalue weighted by atomic mass is 10.1. The Bertz CT molecular complexity index is 790. The third-order valence-electron chi connectivity index (χ3n) is 3.59. The van der Waals surface area contributed by atoms with Gasteiger partial charge in [0, 0.05) is 18.7 Å². The monoisotopic (exact) mass is 360 g/mol.